The van der Waals surface area contributed by atoms with Crippen molar-refractivity contribution in [3.05, 3.63) is 71.0 Å². The van der Waals surface area contributed by atoms with Crippen LogP contribution >= 0.6 is 11.6 Å². The molecule has 140 valence electrons. The number of aromatic nitrogens is 3. The Morgan fingerprint density at radius 2 is 1.93 bits per heavy atom. The quantitative estimate of drug-likeness (QED) is 0.657. The van der Waals surface area contributed by atoms with Gasteiger partial charge in [0.2, 0.25) is 5.91 Å². The molecule has 0 spiro atoms. The Bertz CT molecular complexity index is 878. The Hall–Kier alpha value is -2.70. The number of halogens is 1. The van der Waals surface area contributed by atoms with Gasteiger partial charge >= 0.3 is 0 Å². The summed E-state index contributed by atoms with van der Waals surface area (Å²) in [4.78, 5) is 18.5. The zero-order chi connectivity index (χ0) is 19.2. The van der Waals surface area contributed by atoms with E-state index in [1.807, 2.05) is 67.5 Å². The van der Waals surface area contributed by atoms with Crippen molar-refractivity contribution in [3.63, 3.8) is 0 Å². The monoisotopic (exact) mass is 383 g/mol. The van der Waals surface area contributed by atoms with Gasteiger partial charge in [0.1, 0.15) is 6.33 Å². The van der Waals surface area contributed by atoms with E-state index in [1.54, 1.807) is 0 Å². The maximum Gasteiger partial charge on any atom is 0.224 e. The summed E-state index contributed by atoms with van der Waals surface area (Å²) in [6.07, 6.45) is 1.79. The summed E-state index contributed by atoms with van der Waals surface area (Å²) in [6, 6.07) is 15.4. The average molecular weight is 384 g/mol. The van der Waals surface area contributed by atoms with E-state index in [9.17, 15) is 4.79 Å². The second-order valence-corrected chi connectivity index (χ2v) is 6.92. The minimum atomic E-state index is -0.0266. The number of likely N-dealkylation sites (N-methyl/N-ethyl adjacent to an activating group) is 1. The molecule has 0 saturated heterocycles. The highest BCUT2D eigenvalue weighted by molar-refractivity contribution is 6.31. The molecule has 3 rings (SSSR count). The Morgan fingerprint density at radius 3 is 2.56 bits per heavy atom. The van der Waals surface area contributed by atoms with Gasteiger partial charge in [-0.05, 0) is 31.3 Å². The van der Waals surface area contributed by atoms with Gasteiger partial charge in [-0.25, -0.2) is 4.98 Å². The summed E-state index contributed by atoms with van der Waals surface area (Å²) in [5.41, 5.74) is 2.87. The van der Waals surface area contributed by atoms with Crippen LogP contribution in [0.2, 0.25) is 5.02 Å². The summed E-state index contributed by atoms with van der Waals surface area (Å²) >= 11 is 6.31. The van der Waals surface area contributed by atoms with Crippen molar-refractivity contribution in [2.45, 2.75) is 12.5 Å². The number of rotatable bonds is 7. The van der Waals surface area contributed by atoms with Gasteiger partial charge in [0.05, 0.1) is 12.5 Å². The first-order valence-electron chi connectivity index (χ1n) is 8.67. The normalized spacial score (nSPS) is 12.1. The second-order valence-electron chi connectivity index (χ2n) is 6.51. The lowest BCUT2D eigenvalue weighted by Gasteiger charge is -2.26. The van der Waals surface area contributed by atoms with E-state index in [2.05, 4.69) is 20.5 Å². The van der Waals surface area contributed by atoms with E-state index in [0.29, 0.717) is 23.8 Å². The molecule has 1 atom stereocenters. The first-order valence-corrected chi connectivity index (χ1v) is 9.04. The number of aromatic amines is 1. The maximum atomic E-state index is 12.4. The van der Waals surface area contributed by atoms with Crippen LogP contribution in [-0.4, -0.2) is 46.6 Å². The van der Waals surface area contributed by atoms with Gasteiger partial charge in [-0.15, -0.1) is 0 Å². The van der Waals surface area contributed by atoms with Crippen molar-refractivity contribution >= 4 is 17.5 Å². The van der Waals surface area contributed by atoms with E-state index in [4.69, 9.17) is 11.6 Å². The SMILES string of the molecule is CN(C)C(CNC(=O)Cc1ccc(-c2ncn[nH]2)cc1)c1ccccc1Cl. The van der Waals surface area contributed by atoms with Crippen LogP contribution in [0.1, 0.15) is 17.2 Å². The fourth-order valence-electron chi connectivity index (χ4n) is 2.90. The highest BCUT2D eigenvalue weighted by Crippen LogP contribution is 2.25. The molecule has 0 aliphatic heterocycles. The van der Waals surface area contributed by atoms with Gasteiger partial charge in [-0.3, -0.25) is 9.89 Å². The number of carbonyl (C=O) groups excluding carboxylic acids is 1. The Labute approximate surface area is 163 Å². The summed E-state index contributed by atoms with van der Waals surface area (Å²) in [7, 11) is 3.95. The third kappa shape index (κ3) is 4.93. The number of carbonyl (C=O) groups is 1. The molecule has 0 fully saturated rings. The van der Waals surface area contributed by atoms with Crippen molar-refractivity contribution in [1.29, 1.82) is 0 Å². The number of hydrogen-bond donors (Lipinski definition) is 2. The lowest BCUT2D eigenvalue weighted by molar-refractivity contribution is -0.120. The Balaban J connectivity index is 1.59. The van der Waals surface area contributed by atoms with E-state index >= 15 is 0 Å². The molecule has 0 aliphatic carbocycles. The number of nitrogens with one attached hydrogen (secondary N) is 2. The van der Waals surface area contributed by atoms with Crippen LogP contribution in [0.25, 0.3) is 11.4 Å². The van der Waals surface area contributed by atoms with Crippen molar-refractivity contribution < 1.29 is 4.79 Å². The van der Waals surface area contributed by atoms with Crippen LogP contribution in [0.5, 0.6) is 0 Å². The molecule has 3 aromatic rings. The van der Waals surface area contributed by atoms with Crippen LogP contribution in [-0.2, 0) is 11.2 Å². The molecule has 27 heavy (non-hydrogen) atoms. The van der Waals surface area contributed by atoms with Crippen molar-refractivity contribution in [2.75, 3.05) is 20.6 Å². The predicted molar refractivity (Wildman–Crippen MR) is 106 cm³/mol. The molecule has 0 saturated carbocycles. The summed E-state index contributed by atoms with van der Waals surface area (Å²) < 4.78 is 0. The van der Waals surface area contributed by atoms with Crippen LogP contribution in [0.3, 0.4) is 0 Å². The van der Waals surface area contributed by atoms with Crippen molar-refractivity contribution in [3.8, 4) is 11.4 Å². The molecule has 0 aliphatic rings. The topological polar surface area (TPSA) is 73.9 Å². The first kappa shape index (κ1) is 19.1. The largest absolute Gasteiger partial charge is 0.354 e. The average Bonchev–Trinajstić information content (AvgIpc) is 3.18. The molecule has 0 bridgehead atoms. The van der Waals surface area contributed by atoms with Crippen LogP contribution in [0.15, 0.2) is 54.9 Å². The molecule has 1 unspecified atom stereocenters. The first-order chi connectivity index (χ1) is 13.0. The van der Waals surface area contributed by atoms with E-state index in [0.717, 1.165) is 16.7 Å². The number of hydrogen-bond acceptors (Lipinski definition) is 4. The smallest absolute Gasteiger partial charge is 0.224 e. The summed E-state index contributed by atoms with van der Waals surface area (Å²) in [6.45, 7) is 0.492. The molecule has 1 heterocycles. The van der Waals surface area contributed by atoms with Gasteiger partial charge in [0.25, 0.3) is 0 Å². The highest BCUT2D eigenvalue weighted by Gasteiger charge is 2.17. The summed E-state index contributed by atoms with van der Waals surface area (Å²) in [5, 5.41) is 10.4. The fourth-order valence-corrected chi connectivity index (χ4v) is 3.16. The van der Waals surface area contributed by atoms with Crippen LogP contribution in [0.4, 0.5) is 0 Å². The van der Waals surface area contributed by atoms with Gasteiger partial charge in [-0.2, -0.15) is 5.10 Å². The number of benzene rings is 2. The Morgan fingerprint density at radius 1 is 1.19 bits per heavy atom. The number of nitrogens with zero attached hydrogens (tertiary/aromatic N) is 3. The maximum absolute atomic E-state index is 12.4. The zero-order valence-corrected chi connectivity index (χ0v) is 16.1. The zero-order valence-electron chi connectivity index (χ0n) is 15.3. The lowest BCUT2D eigenvalue weighted by Crippen LogP contribution is -2.35. The van der Waals surface area contributed by atoms with Crippen LogP contribution in [0, 0.1) is 0 Å². The molecule has 7 heteroatoms. The van der Waals surface area contributed by atoms with Gasteiger partial charge in [-0.1, -0.05) is 54.1 Å². The minimum Gasteiger partial charge on any atom is -0.354 e. The standard InChI is InChI=1S/C20H22ClN5O/c1-26(2)18(16-5-3-4-6-17(16)21)12-22-19(27)11-14-7-9-15(10-8-14)20-23-13-24-25-20/h3-10,13,18H,11-12H2,1-2H3,(H,22,27)(H,23,24,25). The van der Waals surface area contributed by atoms with E-state index in [-0.39, 0.29) is 11.9 Å². The van der Waals surface area contributed by atoms with Gasteiger partial charge in [0.15, 0.2) is 5.82 Å². The molecule has 2 aromatic carbocycles. The molecular weight excluding hydrogens is 362 g/mol. The Kier molecular flexibility index (Phi) is 6.21. The number of amides is 1. The molecule has 0 radical (unpaired) electrons. The van der Waals surface area contributed by atoms with E-state index < -0.39 is 0 Å². The van der Waals surface area contributed by atoms with Crippen LogP contribution < -0.4 is 5.32 Å². The minimum absolute atomic E-state index is 0.0106. The van der Waals surface area contributed by atoms with Gasteiger partial charge < -0.3 is 10.2 Å². The third-order valence-electron chi connectivity index (χ3n) is 4.39. The predicted octanol–water partition coefficient (Wildman–Crippen LogP) is 3.09. The van der Waals surface area contributed by atoms with Gasteiger partial charge in [0, 0.05) is 17.1 Å². The van der Waals surface area contributed by atoms with Crippen molar-refractivity contribution in [1.82, 2.24) is 25.4 Å². The molecule has 2 N–H and O–H groups in total. The second kappa shape index (κ2) is 8.79. The highest BCUT2D eigenvalue weighted by atomic mass is 35.5. The molecule has 1 aromatic heterocycles. The molecule has 1 amide bonds. The van der Waals surface area contributed by atoms with E-state index in [1.165, 1.54) is 6.33 Å². The molecular formula is C20H22ClN5O. The fraction of sp³-hybridized carbons (Fsp3) is 0.250. The summed E-state index contributed by atoms with van der Waals surface area (Å²) in [5.74, 6) is 0.681. The lowest BCUT2D eigenvalue weighted by atomic mass is 10.1. The molecule has 6 nitrogen and oxygen atoms in total. The third-order valence-corrected chi connectivity index (χ3v) is 4.73. The van der Waals surface area contributed by atoms with Crippen molar-refractivity contribution in [2.24, 2.45) is 0 Å². The number of H-pyrrole nitrogens is 1.